The van der Waals surface area contributed by atoms with Crippen molar-refractivity contribution in [2.24, 2.45) is 17.4 Å². The second-order valence-corrected chi connectivity index (χ2v) is 7.16. The summed E-state index contributed by atoms with van der Waals surface area (Å²) in [5, 5.41) is 58.5. The number of aliphatic hydroxyl groups is 4. The zero-order valence-corrected chi connectivity index (χ0v) is 18.6. The summed E-state index contributed by atoms with van der Waals surface area (Å²) in [4.78, 5) is 21.0. The van der Waals surface area contributed by atoms with Crippen LogP contribution in [0.1, 0.15) is 32.1 Å². The molecule has 0 spiro atoms. The van der Waals surface area contributed by atoms with Crippen molar-refractivity contribution in [1.82, 2.24) is 0 Å². The Morgan fingerprint density at radius 2 is 1.50 bits per heavy atom. The number of ether oxygens (including phenoxy) is 2. The molecule has 12 nitrogen and oxygen atoms in total. The van der Waals surface area contributed by atoms with Crippen LogP contribution in [-0.4, -0.2) is 88.4 Å². The Kier molecular flexibility index (Phi) is 14.1. The van der Waals surface area contributed by atoms with Crippen molar-refractivity contribution in [2.75, 3.05) is 13.2 Å². The Morgan fingerprint density at radius 1 is 1.00 bits per heavy atom. The number of carboxylic acid groups (broad SMARTS) is 2. The van der Waals surface area contributed by atoms with E-state index in [0.717, 1.165) is 12.8 Å². The summed E-state index contributed by atoms with van der Waals surface area (Å²) in [6.45, 7) is -1.10. The predicted molar refractivity (Wildman–Crippen MR) is 92.3 cm³/mol. The maximum absolute atomic E-state index is 10.5. The number of rotatable bonds is 7. The molecule has 1 unspecified atom stereocenters. The van der Waals surface area contributed by atoms with Crippen LogP contribution in [-0.2, 0) is 40.1 Å². The molecule has 1 heterocycles. The number of hydrogen-bond acceptors (Lipinski definition) is 12. The molecule has 1 aliphatic carbocycles. The number of nitrogens with two attached hydrogens (primary N) is 2. The number of carbonyl (C=O) groups is 2. The van der Waals surface area contributed by atoms with E-state index in [1.165, 1.54) is 12.8 Å². The Morgan fingerprint density at radius 3 is 1.90 bits per heavy atom. The van der Waals surface area contributed by atoms with Crippen molar-refractivity contribution in [2.45, 2.75) is 74.9 Å². The van der Waals surface area contributed by atoms with Gasteiger partial charge in [0.2, 0.25) is 0 Å². The monoisotopic (exact) mass is 617 g/mol. The van der Waals surface area contributed by atoms with E-state index in [9.17, 15) is 35.1 Å². The third kappa shape index (κ3) is 8.81. The van der Waals surface area contributed by atoms with E-state index in [-0.39, 0.29) is 33.1 Å². The molecule has 0 amide bonds. The first kappa shape index (κ1) is 29.3. The minimum atomic E-state index is -1.89. The Balaban J connectivity index is 0.000000782. The Bertz CT molecular complexity index is 503. The van der Waals surface area contributed by atoms with Crippen molar-refractivity contribution >= 4 is 11.9 Å². The molecule has 178 valence electrons. The normalized spacial score (nSPS) is 33.8. The molecule has 13 heteroatoms. The minimum Gasteiger partial charge on any atom is -0.549 e. The Labute approximate surface area is 188 Å². The fourth-order valence-electron chi connectivity index (χ4n) is 3.03. The predicted octanol–water partition coefficient (Wildman–Crippen LogP) is -5.48. The van der Waals surface area contributed by atoms with Gasteiger partial charge < -0.3 is 61.2 Å². The topological polar surface area (TPSA) is 232 Å². The molecule has 2 aliphatic rings. The quantitative estimate of drug-likeness (QED) is 0.147. The van der Waals surface area contributed by atoms with Crippen LogP contribution in [0.4, 0.5) is 0 Å². The third-order valence-electron chi connectivity index (χ3n) is 4.98. The summed E-state index contributed by atoms with van der Waals surface area (Å²) < 4.78 is 9.92. The summed E-state index contributed by atoms with van der Waals surface area (Å²) in [5.74, 6) is -5.57. The van der Waals surface area contributed by atoms with Crippen molar-refractivity contribution in [3.8, 4) is 0 Å². The van der Waals surface area contributed by atoms with Gasteiger partial charge in [0, 0.05) is 18.0 Å². The zero-order valence-electron chi connectivity index (χ0n) is 16.3. The molecule has 30 heavy (non-hydrogen) atoms. The van der Waals surface area contributed by atoms with Gasteiger partial charge in [-0.1, -0.05) is 12.8 Å². The van der Waals surface area contributed by atoms with Gasteiger partial charge in [-0.05, 0) is 19.3 Å². The van der Waals surface area contributed by atoms with Gasteiger partial charge in [0.15, 0.2) is 6.29 Å². The number of aliphatic carboxylic acids is 2. The van der Waals surface area contributed by atoms with Gasteiger partial charge in [-0.2, -0.15) is 0 Å². The smallest absolute Gasteiger partial charge is 0.549 e. The van der Waals surface area contributed by atoms with Crippen molar-refractivity contribution < 1.29 is 70.8 Å². The molecule has 7 atom stereocenters. The summed E-state index contributed by atoms with van der Waals surface area (Å²) in [6.07, 6.45) is -3.17. The number of hydrogen-bond donors (Lipinski definition) is 6. The maximum atomic E-state index is 10.5. The van der Waals surface area contributed by atoms with Crippen LogP contribution in [0.5, 0.6) is 0 Å². The van der Waals surface area contributed by atoms with Crippen LogP contribution in [0.25, 0.3) is 0 Å². The van der Waals surface area contributed by atoms with Crippen LogP contribution < -0.4 is 21.7 Å². The first-order chi connectivity index (χ1) is 13.6. The SMILES string of the molecule is N[C@@H]1CCCC[C@H]1N.O=C([O-])C(CCOC1O[C@H](CO)[C@H](O)[C@H](O)[C@H]1O)C(=O)[O-].[Pt+2]. The van der Waals surface area contributed by atoms with Crippen molar-refractivity contribution in [1.29, 1.82) is 0 Å². The van der Waals surface area contributed by atoms with Gasteiger partial charge in [-0.15, -0.1) is 0 Å². The molecule has 2 fully saturated rings. The number of carbonyl (C=O) groups excluding carboxylic acids is 2. The van der Waals surface area contributed by atoms with Gasteiger partial charge in [0.05, 0.1) is 25.2 Å². The molecule has 8 N–H and O–H groups in total. The molecular formula is C17H30N2O10Pt. The molecule has 1 aliphatic heterocycles. The van der Waals surface area contributed by atoms with E-state index in [1.807, 2.05) is 0 Å². The molecule has 1 saturated heterocycles. The first-order valence-corrected chi connectivity index (χ1v) is 9.45. The van der Waals surface area contributed by atoms with Gasteiger partial charge in [-0.25, -0.2) is 0 Å². The van der Waals surface area contributed by atoms with Gasteiger partial charge in [0.1, 0.15) is 24.4 Å². The second-order valence-electron chi connectivity index (χ2n) is 7.16. The molecule has 0 aromatic rings. The van der Waals surface area contributed by atoms with Crippen molar-refractivity contribution in [3.63, 3.8) is 0 Å². The van der Waals surface area contributed by atoms with Gasteiger partial charge >= 0.3 is 21.1 Å². The van der Waals surface area contributed by atoms with E-state index in [2.05, 4.69) is 0 Å². The number of aliphatic hydroxyl groups excluding tert-OH is 4. The molecule has 0 aromatic heterocycles. The van der Waals surface area contributed by atoms with E-state index in [4.69, 9.17) is 26.0 Å². The third-order valence-corrected chi connectivity index (χ3v) is 4.98. The first-order valence-electron chi connectivity index (χ1n) is 9.45. The van der Waals surface area contributed by atoms with Crippen LogP contribution >= 0.6 is 0 Å². The van der Waals surface area contributed by atoms with Crippen LogP contribution in [0, 0.1) is 5.92 Å². The minimum absolute atomic E-state index is 0. The van der Waals surface area contributed by atoms with Crippen LogP contribution in [0.2, 0.25) is 0 Å². The average Bonchev–Trinajstić information content (AvgIpc) is 2.67. The summed E-state index contributed by atoms with van der Waals surface area (Å²) in [7, 11) is 0. The van der Waals surface area contributed by atoms with Crippen molar-refractivity contribution in [3.05, 3.63) is 0 Å². The standard InChI is InChI=1S/C11H18O10.C6H14N2.Pt/c12-3-5-6(13)7(14)8(15)11(21-5)20-2-1-4(9(16)17)10(18)19;7-5-3-1-2-4-6(5)8;/h4-8,11-15H,1-3H2,(H,16,17)(H,18,19);5-6H,1-4,7-8H2;/q;;+2/p-2/t5-,6+,7+,8-,11?;5-,6-;/m11./s1. The zero-order chi connectivity index (χ0) is 22.1. The summed E-state index contributed by atoms with van der Waals surface area (Å²) >= 11 is 0. The molecule has 0 bridgehead atoms. The fourth-order valence-corrected chi connectivity index (χ4v) is 3.03. The summed E-state index contributed by atoms with van der Waals surface area (Å²) in [6, 6.07) is 0.562. The molecule has 2 rings (SSSR count). The largest absolute Gasteiger partial charge is 2.00 e. The van der Waals surface area contributed by atoms with E-state index >= 15 is 0 Å². The van der Waals surface area contributed by atoms with Crippen LogP contribution in [0.15, 0.2) is 0 Å². The second kappa shape index (κ2) is 14.4. The van der Waals surface area contributed by atoms with Crippen LogP contribution in [0.3, 0.4) is 0 Å². The molecular weight excluding hydrogens is 587 g/mol. The van der Waals surface area contributed by atoms with E-state index in [0.29, 0.717) is 0 Å². The summed E-state index contributed by atoms with van der Waals surface area (Å²) in [5.41, 5.74) is 11.3. The average molecular weight is 618 g/mol. The van der Waals surface area contributed by atoms with E-state index < -0.39 is 68.2 Å². The number of carboxylic acids is 2. The molecule has 1 saturated carbocycles. The maximum Gasteiger partial charge on any atom is 2.00 e. The molecule has 0 aromatic carbocycles. The van der Waals surface area contributed by atoms with Gasteiger partial charge in [0.25, 0.3) is 0 Å². The molecule has 0 radical (unpaired) electrons. The fraction of sp³-hybridized carbons (Fsp3) is 0.882. The Hall–Kier alpha value is -0.692. The van der Waals surface area contributed by atoms with E-state index in [1.54, 1.807) is 0 Å². The van der Waals surface area contributed by atoms with Gasteiger partial charge in [-0.3, -0.25) is 0 Å².